The van der Waals surface area contributed by atoms with Crippen molar-refractivity contribution < 1.29 is 9.90 Å². The standard InChI is InChI=1S/C17H27NO2/c1-16(2)6-12-10(14(19)8-16)5-11-13(18-12)7-17(3,4)9-15(11)20/h10,12,14,18-19H,5-9H2,1-4H3/t10-,12-,14-/m1/s1. The molecule has 1 fully saturated rings. The fourth-order valence-electron chi connectivity index (χ4n) is 4.44. The van der Waals surface area contributed by atoms with E-state index < -0.39 is 0 Å². The molecule has 3 rings (SSSR count). The summed E-state index contributed by atoms with van der Waals surface area (Å²) in [6.07, 6.45) is 4.03. The average molecular weight is 277 g/mol. The Balaban J connectivity index is 1.89. The molecule has 0 saturated heterocycles. The Kier molecular flexibility index (Phi) is 3.06. The van der Waals surface area contributed by atoms with Gasteiger partial charge < -0.3 is 10.4 Å². The van der Waals surface area contributed by atoms with Crippen molar-refractivity contribution in [1.29, 1.82) is 0 Å². The van der Waals surface area contributed by atoms with Gasteiger partial charge in [0.15, 0.2) is 5.78 Å². The van der Waals surface area contributed by atoms with Crippen molar-refractivity contribution in [2.24, 2.45) is 16.7 Å². The molecule has 20 heavy (non-hydrogen) atoms. The molecule has 1 saturated carbocycles. The molecular weight excluding hydrogens is 250 g/mol. The second kappa shape index (κ2) is 4.33. The predicted octanol–water partition coefficient (Wildman–Crippen LogP) is 2.79. The highest BCUT2D eigenvalue weighted by Crippen LogP contribution is 2.47. The molecule has 0 aromatic carbocycles. The molecule has 3 atom stereocenters. The van der Waals surface area contributed by atoms with Gasteiger partial charge in [0.1, 0.15) is 0 Å². The summed E-state index contributed by atoms with van der Waals surface area (Å²) in [5, 5.41) is 14.1. The first-order valence-corrected chi connectivity index (χ1v) is 7.87. The second-order valence-electron chi connectivity index (χ2n) is 8.66. The minimum absolute atomic E-state index is 0.0680. The highest BCUT2D eigenvalue weighted by atomic mass is 16.3. The lowest BCUT2D eigenvalue weighted by molar-refractivity contribution is -0.119. The average Bonchev–Trinajstić information content (AvgIpc) is 2.23. The van der Waals surface area contributed by atoms with Gasteiger partial charge in [-0.3, -0.25) is 4.79 Å². The first-order chi connectivity index (χ1) is 9.17. The van der Waals surface area contributed by atoms with Crippen LogP contribution < -0.4 is 5.32 Å². The zero-order chi connectivity index (χ0) is 14.7. The van der Waals surface area contributed by atoms with Crippen LogP contribution in [-0.2, 0) is 4.79 Å². The molecule has 1 heterocycles. The van der Waals surface area contributed by atoms with Crippen LogP contribution >= 0.6 is 0 Å². The topological polar surface area (TPSA) is 49.3 Å². The van der Waals surface area contributed by atoms with Crippen molar-refractivity contribution >= 4 is 5.78 Å². The molecule has 0 unspecified atom stereocenters. The third-order valence-corrected chi connectivity index (χ3v) is 5.34. The fourth-order valence-corrected chi connectivity index (χ4v) is 4.44. The van der Waals surface area contributed by atoms with E-state index in [1.165, 1.54) is 0 Å². The maximum absolute atomic E-state index is 12.4. The zero-order valence-electron chi connectivity index (χ0n) is 13.1. The molecule has 0 aromatic rings. The summed E-state index contributed by atoms with van der Waals surface area (Å²) in [5.41, 5.74) is 2.39. The fraction of sp³-hybridized carbons (Fsp3) is 0.824. The molecule has 0 radical (unpaired) electrons. The summed E-state index contributed by atoms with van der Waals surface area (Å²) >= 11 is 0. The lowest BCUT2D eigenvalue weighted by Gasteiger charge is -2.49. The van der Waals surface area contributed by atoms with E-state index >= 15 is 0 Å². The highest BCUT2D eigenvalue weighted by molar-refractivity contribution is 5.97. The Bertz CT molecular complexity index is 475. The van der Waals surface area contributed by atoms with E-state index in [-0.39, 0.29) is 22.9 Å². The molecule has 0 amide bonds. The van der Waals surface area contributed by atoms with Crippen molar-refractivity contribution in [2.75, 3.05) is 0 Å². The Morgan fingerprint density at radius 1 is 1.10 bits per heavy atom. The number of aliphatic hydroxyl groups is 1. The third-order valence-electron chi connectivity index (χ3n) is 5.34. The van der Waals surface area contributed by atoms with E-state index in [0.29, 0.717) is 18.2 Å². The zero-order valence-corrected chi connectivity index (χ0v) is 13.1. The number of ketones is 1. The Morgan fingerprint density at radius 2 is 1.80 bits per heavy atom. The van der Waals surface area contributed by atoms with Gasteiger partial charge in [0.25, 0.3) is 0 Å². The Morgan fingerprint density at radius 3 is 2.50 bits per heavy atom. The first-order valence-electron chi connectivity index (χ1n) is 7.87. The Labute approximate surface area is 121 Å². The molecule has 0 spiro atoms. The van der Waals surface area contributed by atoms with Gasteiger partial charge in [-0.2, -0.15) is 0 Å². The largest absolute Gasteiger partial charge is 0.393 e. The summed E-state index contributed by atoms with van der Waals surface area (Å²) in [6, 6.07) is 0.328. The van der Waals surface area contributed by atoms with Crippen LogP contribution in [0.1, 0.15) is 59.8 Å². The monoisotopic (exact) mass is 277 g/mol. The van der Waals surface area contributed by atoms with Crippen molar-refractivity contribution in [3.05, 3.63) is 11.3 Å². The van der Waals surface area contributed by atoms with Crippen molar-refractivity contribution in [1.82, 2.24) is 5.32 Å². The van der Waals surface area contributed by atoms with E-state index in [2.05, 4.69) is 33.0 Å². The van der Waals surface area contributed by atoms with Gasteiger partial charge in [0.05, 0.1) is 6.10 Å². The summed E-state index contributed by atoms with van der Waals surface area (Å²) in [7, 11) is 0. The normalized spacial score (nSPS) is 38.9. The molecule has 3 nitrogen and oxygen atoms in total. The lowest BCUT2D eigenvalue weighted by atomic mass is 9.63. The number of rotatable bonds is 0. The van der Waals surface area contributed by atoms with Crippen molar-refractivity contribution in [3.63, 3.8) is 0 Å². The highest BCUT2D eigenvalue weighted by Gasteiger charge is 2.46. The summed E-state index contributed by atoms with van der Waals surface area (Å²) in [4.78, 5) is 12.4. The van der Waals surface area contributed by atoms with Crippen molar-refractivity contribution in [2.45, 2.75) is 71.9 Å². The van der Waals surface area contributed by atoms with Gasteiger partial charge in [0.2, 0.25) is 0 Å². The molecule has 112 valence electrons. The van der Waals surface area contributed by atoms with Crippen LogP contribution in [0.2, 0.25) is 0 Å². The van der Waals surface area contributed by atoms with Gasteiger partial charge in [-0.25, -0.2) is 0 Å². The molecule has 2 N–H and O–H groups in total. The second-order valence-corrected chi connectivity index (χ2v) is 8.66. The number of aliphatic hydroxyl groups excluding tert-OH is 1. The first kappa shape index (κ1) is 14.1. The van der Waals surface area contributed by atoms with Crippen LogP contribution in [0, 0.1) is 16.7 Å². The minimum Gasteiger partial charge on any atom is -0.393 e. The minimum atomic E-state index is -0.284. The van der Waals surface area contributed by atoms with Crippen LogP contribution in [0.3, 0.4) is 0 Å². The van der Waals surface area contributed by atoms with Crippen LogP contribution in [0.4, 0.5) is 0 Å². The molecule has 2 aliphatic carbocycles. The maximum Gasteiger partial charge on any atom is 0.161 e. The van der Waals surface area contributed by atoms with Crippen molar-refractivity contribution in [3.8, 4) is 0 Å². The molecule has 0 bridgehead atoms. The number of carbonyl (C=O) groups excluding carboxylic acids is 1. The van der Waals surface area contributed by atoms with Gasteiger partial charge in [-0.05, 0) is 36.5 Å². The SMILES string of the molecule is CC1(C)CC(=O)C2=C(C1)N[C@@H]1CC(C)(C)C[C@@H](O)[C@@H]1C2. The molecule has 3 heteroatoms. The molecular formula is C17H27NO2. The van der Waals surface area contributed by atoms with E-state index in [1.54, 1.807) is 0 Å². The number of hydrogen-bond acceptors (Lipinski definition) is 3. The van der Waals surface area contributed by atoms with E-state index in [9.17, 15) is 9.90 Å². The van der Waals surface area contributed by atoms with Gasteiger partial charge in [0, 0.05) is 29.7 Å². The van der Waals surface area contributed by atoms with Crippen LogP contribution in [0.25, 0.3) is 0 Å². The maximum atomic E-state index is 12.4. The predicted molar refractivity (Wildman–Crippen MR) is 79.1 cm³/mol. The molecule has 1 aliphatic heterocycles. The Hall–Kier alpha value is -0.830. The summed E-state index contributed by atoms with van der Waals surface area (Å²) in [6.45, 7) is 8.80. The van der Waals surface area contributed by atoms with E-state index in [0.717, 1.165) is 37.0 Å². The van der Waals surface area contributed by atoms with Crippen LogP contribution in [-0.4, -0.2) is 23.0 Å². The summed E-state index contributed by atoms with van der Waals surface area (Å²) < 4.78 is 0. The van der Waals surface area contributed by atoms with Crippen LogP contribution in [0.5, 0.6) is 0 Å². The number of allylic oxidation sites excluding steroid dienone is 2. The van der Waals surface area contributed by atoms with Gasteiger partial charge >= 0.3 is 0 Å². The molecule has 3 aliphatic rings. The van der Waals surface area contributed by atoms with Crippen LogP contribution in [0.15, 0.2) is 11.3 Å². The number of nitrogens with one attached hydrogen (secondary N) is 1. The smallest absolute Gasteiger partial charge is 0.161 e. The van der Waals surface area contributed by atoms with E-state index in [1.807, 2.05) is 0 Å². The number of Topliss-reactive ketones (excluding diaryl/α,β-unsaturated/α-hetero) is 1. The summed E-state index contributed by atoms with van der Waals surface area (Å²) in [5.74, 6) is 0.506. The van der Waals surface area contributed by atoms with Gasteiger partial charge in [-0.1, -0.05) is 27.7 Å². The quantitative estimate of drug-likeness (QED) is 0.716. The third kappa shape index (κ3) is 2.41. The van der Waals surface area contributed by atoms with E-state index in [4.69, 9.17) is 0 Å². The number of fused-ring (bicyclic) bond motifs is 1. The molecule has 0 aromatic heterocycles. The van der Waals surface area contributed by atoms with Gasteiger partial charge in [-0.15, -0.1) is 0 Å². The lowest BCUT2D eigenvalue weighted by Crippen LogP contribution is -2.54. The number of hydrogen-bond donors (Lipinski definition) is 2. The number of carbonyl (C=O) groups is 1.